The highest BCUT2D eigenvalue weighted by molar-refractivity contribution is 5.98. The fraction of sp³-hybridized carbons (Fsp3) is 0.375. The third kappa shape index (κ3) is 7.00. The van der Waals surface area contributed by atoms with Crippen molar-refractivity contribution in [1.29, 1.82) is 0 Å². The van der Waals surface area contributed by atoms with E-state index in [9.17, 15) is 24.5 Å². The van der Waals surface area contributed by atoms with Gasteiger partial charge in [-0.1, -0.05) is 30.3 Å². The maximum Gasteiger partial charge on any atom is 0.433 e. The normalized spacial score (nSPS) is 15.8. The maximum atomic E-state index is 13.4. The zero-order valence-corrected chi connectivity index (χ0v) is 19.3. The summed E-state index contributed by atoms with van der Waals surface area (Å²) in [4.78, 5) is 48.8. The number of amides is 2. The Morgan fingerprint density at radius 1 is 1.20 bits per heavy atom. The van der Waals surface area contributed by atoms with Crippen molar-refractivity contribution in [2.75, 3.05) is 19.7 Å². The summed E-state index contributed by atoms with van der Waals surface area (Å²) in [6, 6.07) is 10.9. The van der Waals surface area contributed by atoms with E-state index in [-0.39, 0.29) is 18.8 Å². The molecular weight excluding hydrogens is 456 g/mol. The molecule has 3 N–H and O–H groups in total. The van der Waals surface area contributed by atoms with Crippen molar-refractivity contribution in [2.45, 2.75) is 37.8 Å². The van der Waals surface area contributed by atoms with Crippen LogP contribution in [0.4, 0.5) is 5.88 Å². The van der Waals surface area contributed by atoms with E-state index in [1.807, 2.05) is 30.3 Å². The van der Waals surface area contributed by atoms with Gasteiger partial charge in [-0.25, -0.2) is 4.79 Å². The predicted molar refractivity (Wildman–Crippen MR) is 126 cm³/mol. The number of esters is 1. The number of piperidine rings is 1. The van der Waals surface area contributed by atoms with Crippen molar-refractivity contribution in [3.63, 3.8) is 0 Å². The average Bonchev–Trinajstić information content (AvgIpc) is 3.33. The standard InChI is InChI=1S/C24H28N4O7/c1-2-34-22(30)19(16-17-6-4-3-5-7-17)26-23(31)24(12-14-25-15-13-24)27-20(29)10-8-18-9-11-21(35-18)28(32)33/h3-11,19,25H,2,12-16H2,1H3,(H,26,31)(H,27,29)/b10-8+. The van der Waals surface area contributed by atoms with Gasteiger partial charge in [0.05, 0.1) is 12.7 Å². The molecular formula is C24H28N4O7. The van der Waals surface area contributed by atoms with Gasteiger partial charge in [0.25, 0.3) is 0 Å². The molecule has 1 aromatic carbocycles. The summed E-state index contributed by atoms with van der Waals surface area (Å²) < 4.78 is 10.2. The second-order valence-electron chi connectivity index (χ2n) is 8.06. The quantitative estimate of drug-likeness (QED) is 0.199. The van der Waals surface area contributed by atoms with E-state index in [1.54, 1.807) is 6.92 Å². The molecule has 1 aromatic heterocycles. The van der Waals surface area contributed by atoms with Crippen molar-refractivity contribution in [3.05, 3.63) is 70.0 Å². The fourth-order valence-electron chi connectivity index (χ4n) is 3.81. The lowest BCUT2D eigenvalue weighted by molar-refractivity contribution is -0.402. The number of benzene rings is 1. The van der Waals surface area contributed by atoms with Crippen molar-refractivity contribution < 1.29 is 28.5 Å². The molecule has 3 rings (SSSR count). The van der Waals surface area contributed by atoms with Gasteiger partial charge < -0.3 is 25.1 Å². The van der Waals surface area contributed by atoms with E-state index in [0.29, 0.717) is 25.9 Å². The van der Waals surface area contributed by atoms with Gasteiger partial charge in [0.15, 0.2) is 0 Å². The number of nitro groups is 1. The third-order valence-electron chi connectivity index (χ3n) is 5.60. The maximum absolute atomic E-state index is 13.4. The number of ether oxygens (including phenoxy) is 1. The van der Waals surface area contributed by atoms with Crippen LogP contribution in [0.5, 0.6) is 0 Å². The molecule has 1 fully saturated rings. The van der Waals surface area contributed by atoms with Crippen LogP contribution in [-0.4, -0.2) is 54.0 Å². The number of rotatable bonds is 10. The van der Waals surface area contributed by atoms with Gasteiger partial charge in [-0.3, -0.25) is 19.7 Å². The second-order valence-corrected chi connectivity index (χ2v) is 8.06. The number of hydrogen-bond acceptors (Lipinski definition) is 8. The monoisotopic (exact) mass is 484 g/mol. The van der Waals surface area contributed by atoms with Crippen LogP contribution < -0.4 is 16.0 Å². The van der Waals surface area contributed by atoms with Crippen LogP contribution in [0.1, 0.15) is 31.1 Å². The van der Waals surface area contributed by atoms with Gasteiger partial charge in [0, 0.05) is 12.5 Å². The van der Waals surface area contributed by atoms with Crippen LogP contribution in [0.15, 0.2) is 53.0 Å². The topological polar surface area (TPSA) is 153 Å². The van der Waals surface area contributed by atoms with Crippen LogP contribution in [0.3, 0.4) is 0 Å². The molecule has 2 aromatic rings. The smallest absolute Gasteiger partial charge is 0.433 e. The Morgan fingerprint density at radius 3 is 2.54 bits per heavy atom. The largest absolute Gasteiger partial charge is 0.464 e. The number of carbonyl (C=O) groups is 3. The fourth-order valence-corrected chi connectivity index (χ4v) is 3.81. The van der Waals surface area contributed by atoms with Gasteiger partial charge in [0.2, 0.25) is 11.8 Å². The molecule has 11 heteroatoms. The van der Waals surface area contributed by atoms with Crippen molar-refractivity contribution in [3.8, 4) is 0 Å². The van der Waals surface area contributed by atoms with E-state index < -0.39 is 40.2 Å². The summed E-state index contributed by atoms with van der Waals surface area (Å²) in [7, 11) is 0. The van der Waals surface area contributed by atoms with Crippen LogP contribution in [0.25, 0.3) is 6.08 Å². The van der Waals surface area contributed by atoms with Gasteiger partial charge in [0.1, 0.15) is 22.3 Å². The zero-order valence-electron chi connectivity index (χ0n) is 19.3. The molecule has 0 saturated carbocycles. The Kier molecular flexibility index (Phi) is 8.74. The zero-order chi connectivity index (χ0) is 25.3. The first kappa shape index (κ1) is 25.6. The molecule has 1 aliphatic rings. The average molecular weight is 485 g/mol. The highest BCUT2D eigenvalue weighted by Crippen LogP contribution is 2.21. The first-order chi connectivity index (χ1) is 16.8. The van der Waals surface area contributed by atoms with Gasteiger partial charge in [-0.05, 0) is 50.6 Å². The molecule has 1 unspecified atom stereocenters. The molecule has 1 atom stereocenters. The van der Waals surface area contributed by atoms with E-state index in [0.717, 1.165) is 11.6 Å². The second kappa shape index (κ2) is 11.9. The summed E-state index contributed by atoms with van der Waals surface area (Å²) in [5, 5.41) is 19.5. The molecule has 2 heterocycles. The van der Waals surface area contributed by atoms with E-state index in [4.69, 9.17) is 9.15 Å². The number of nitrogens with zero attached hydrogens (tertiary/aromatic N) is 1. The Labute approximate surface area is 202 Å². The molecule has 2 amide bonds. The minimum atomic E-state index is -1.25. The summed E-state index contributed by atoms with van der Waals surface area (Å²) in [6.07, 6.45) is 3.29. The molecule has 0 radical (unpaired) electrons. The highest BCUT2D eigenvalue weighted by Gasteiger charge is 2.42. The molecule has 0 aliphatic carbocycles. The molecule has 0 bridgehead atoms. The lowest BCUT2D eigenvalue weighted by Gasteiger charge is -2.37. The Morgan fingerprint density at radius 2 is 1.91 bits per heavy atom. The van der Waals surface area contributed by atoms with Gasteiger partial charge in [-0.2, -0.15) is 0 Å². The summed E-state index contributed by atoms with van der Waals surface area (Å²) >= 11 is 0. The Hall–Kier alpha value is -3.99. The minimum absolute atomic E-state index is 0.126. The molecule has 1 aliphatic heterocycles. The van der Waals surface area contributed by atoms with E-state index >= 15 is 0 Å². The van der Waals surface area contributed by atoms with Crippen LogP contribution in [0.2, 0.25) is 0 Å². The summed E-state index contributed by atoms with van der Waals surface area (Å²) in [6.45, 7) is 2.84. The predicted octanol–water partition coefficient (Wildman–Crippen LogP) is 1.73. The van der Waals surface area contributed by atoms with E-state index in [1.165, 1.54) is 18.2 Å². The SMILES string of the molecule is CCOC(=O)C(Cc1ccccc1)NC(=O)C1(NC(=O)/C=C/c2ccc([N+](=O)[O-])o2)CCNCC1. The summed E-state index contributed by atoms with van der Waals surface area (Å²) in [5.41, 5.74) is -0.395. The van der Waals surface area contributed by atoms with E-state index in [2.05, 4.69) is 16.0 Å². The van der Waals surface area contributed by atoms with Crippen molar-refractivity contribution >= 4 is 29.7 Å². The first-order valence-corrected chi connectivity index (χ1v) is 11.3. The van der Waals surface area contributed by atoms with Crippen LogP contribution in [0, 0.1) is 10.1 Å². The van der Waals surface area contributed by atoms with Gasteiger partial charge in [-0.15, -0.1) is 0 Å². The summed E-state index contributed by atoms with van der Waals surface area (Å²) in [5.74, 6) is -1.93. The van der Waals surface area contributed by atoms with Gasteiger partial charge >= 0.3 is 11.9 Å². The lowest BCUT2D eigenvalue weighted by atomic mass is 9.86. The number of hydrogen-bond donors (Lipinski definition) is 3. The van der Waals surface area contributed by atoms with Crippen LogP contribution in [-0.2, 0) is 25.5 Å². The van der Waals surface area contributed by atoms with Crippen molar-refractivity contribution in [2.24, 2.45) is 0 Å². The van der Waals surface area contributed by atoms with Crippen molar-refractivity contribution in [1.82, 2.24) is 16.0 Å². The first-order valence-electron chi connectivity index (χ1n) is 11.3. The number of nitrogens with one attached hydrogen (secondary N) is 3. The Balaban J connectivity index is 1.74. The minimum Gasteiger partial charge on any atom is -0.464 e. The Bertz CT molecular complexity index is 1070. The molecule has 0 spiro atoms. The lowest BCUT2D eigenvalue weighted by Crippen LogP contribution is -2.64. The third-order valence-corrected chi connectivity index (χ3v) is 5.60. The van der Waals surface area contributed by atoms with Crippen LogP contribution >= 0.6 is 0 Å². The number of furan rings is 1. The molecule has 1 saturated heterocycles. The molecule has 186 valence electrons. The molecule has 11 nitrogen and oxygen atoms in total. The number of carbonyl (C=O) groups excluding carboxylic acids is 3. The highest BCUT2D eigenvalue weighted by atomic mass is 16.6. The molecule has 35 heavy (non-hydrogen) atoms.